The van der Waals surface area contributed by atoms with Gasteiger partial charge in [0.05, 0.1) is 39.9 Å². The molecule has 2 aromatic carbocycles. The molecular formula is C26H28N6O2. The van der Waals surface area contributed by atoms with Crippen LogP contribution in [-0.4, -0.2) is 38.5 Å². The second kappa shape index (κ2) is 8.13. The van der Waals surface area contributed by atoms with Crippen LogP contribution in [0.4, 0.5) is 11.4 Å². The lowest BCUT2D eigenvalue weighted by molar-refractivity contribution is -0.122. The van der Waals surface area contributed by atoms with Crippen LogP contribution >= 0.6 is 0 Å². The van der Waals surface area contributed by atoms with Gasteiger partial charge in [0, 0.05) is 6.54 Å². The number of anilines is 2. The highest BCUT2D eigenvalue weighted by molar-refractivity contribution is 6.09. The summed E-state index contributed by atoms with van der Waals surface area (Å²) in [5.41, 5.74) is 5.01. The van der Waals surface area contributed by atoms with Crippen molar-refractivity contribution in [3.05, 3.63) is 59.8 Å². The van der Waals surface area contributed by atoms with Crippen molar-refractivity contribution in [1.82, 2.24) is 20.2 Å². The summed E-state index contributed by atoms with van der Waals surface area (Å²) >= 11 is 0. The molecule has 0 bridgehead atoms. The fraction of sp³-hybridized carbons (Fsp3) is 0.308. The number of H-pyrrole nitrogens is 2. The van der Waals surface area contributed by atoms with Gasteiger partial charge in [-0.05, 0) is 50.5 Å². The molecule has 0 radical (unpaired) electrons. The molecule has 0 aliphatic carbocycles. The molecule has 34 heavy (non-hydrogen) atoms. The van der Waals surface area contributed by atoms with Crippen LogP contribution in [0.2, 0.25) is 0 Å². The van der Waals surface area contributed by atoms with Crippen molar-refractivity contribution in [2.45, 2.75) is 45.4 Å². The maximum Gasteiger partial charge on any atom is 0.237 e. The molecule has 2 aromatic heterocycles. The molecule has 1 aliphatic rings. The van der Waals surface area contributed by atoms with Crippen LogP contribution in [0.5, 0.6) is 0 Å². The van der Waals surface area contributed by atoms with Gasteiger partial charge < -0.3 is 15.2 Å². The summed E-state index contributed by atoms with van der Waals surface area (Å²) in [6.07, 6.45) is 2.28. The van der Waals surface area contributed by atoms with Gasteiger partial charge in [-0.2, -0.15) is 5.10 Å². The minimum Gasteiger partial charge on any atom is -0.337 e. The maximum atomic E-state index is 13.1. The first kappa shape index (κ1) is 21.9. The summed E-state index contributed by atoms with van der Waals surface area (Å²) < 4.78 is 0. The third-order valence-corrected chi connectivity index (χ3v) is 6.72. The topological polar surface area (TPSA) is 107 Å². The summed E-state index contributed by atoms with van der Waals surface area (Å²) in [4.78, 5) is 35.8. The Morgan fingerprint density at radius 1 is 1.18 bits per heavy atom. The highest BCUT2D eigenvalue weighted by Crippen LogP contribution is 2.43. The minimum absolute atomic E-state index is 0.0923. The van der Waals surface area contributed by atoms with Gasteiger partial charge in [0.1, 0.15) is 5.69 Å². The van der Waals surface area contributed by atoms with Gasteiger partial charge in [0.25, 0.3) is 0 Å². The summed E-state index contributed by atoms with van der Waals surface area (Å²) in [5, 5.41) is 10.1. The number of hydrogen-bond donors (Lipinski definition) is 3. The quantitative estimate of drug-likeness (QED) is 0.390. The molecule has 1 aliphatic heterocycles. The molecule has 3 N–H and O–H groups in total. The molecule has 174 valence electrons. The molecular weight excluding hydrogens is 428 g/mol. The number of amides is 2. The first-order valence-electron chi connectivity index (χ1n) is 11.6. The SMILES string of the molecule is CCC(C(=O)Nc1cn[nH]c1-c1nc2cc3c(cc2[nH]1)C(C)(C)C(=O)N3CC)c1ccccc1. The Bertz CT molecular complexity index is 1390. The lowest BCUT2D eigenvalue weighted by atomic mass is 9.86. The van der Waals surface area contributed by atoms with Gasteiger partial charge in [-0.1, -0.05) is 37.3 Å². The number of carbonyl (C=O) groups is 2. The minimum atomic E-state index is -0.593. The molecule has 5 rings (SSSR count). The molecule has 8 nitrogen and oxygen atoms in total. The molecule has 0 saturated carbocycles. The number of imidazole rings is 1. The lowest BCUT2D eigenvalue weighted by Crippen LogP contribution is -2.35. The smallest absolute Gasteiger partial charge is 0.237 e. The number of rotatable bonds is 6. The molecule has 1 atom stereocenters. The van der Waals surface area contributed by atoms with Crippen molar-refractivity contribution in [3.63, 3.8) is 0 Å². The normalized spacial score (nSPS) is 15.5. The summed E-state index contributed by atoms with van der Waals surface area (Å²) in [5.74, 6) is 0.319. The predicted octanol–water partition coefficient (Wildman–Crippen LogP) is 4.73. The van der Waals surface area contributed by atoms with E-state index in [0.717, 1.165) is 27.8 Å². The van der Waals surface area contributed by atoms with Crippen molar-refractivity contribution in [3.8, 4) is 11.5 Å². The molecule has 0 saturated heterocycles. The number of aromatic amines is 2. The Morgan fingerprint density at radius 3 is 2.65 bits per heavy atom. The second-order valence-electron chi connectivity index (χ2n) is 9.17. The Hall–Kier alpha value is -3.94. The third-order valence-electron chi connectivity index (χ3n) is 6.72. The van der Waals surface area contributed by atoms with Crippen molar-refractivity contribution in [1.29, 1.82) is 0 Å². The zero-order valence-electron chi connectivity index (χ0n) is 19.8. The van der Waals surface area contributed by atoms with Crippen molar-refractivity contribution in [2.75, 3.05) is 16.8 Å². The van der Waals surface area contributed by atoms with E-state index in [0.29, 0.717) is 30.2 Å². The van der Waals surface area contributed by atoms with Gasteiger partial charge >= 0.3 is 0 Å². The van der Waals surface area contributed by atoms with Gasteiger partial charge in [0.2, 0.25) is 11.8 Å². The molecule has 0 fully saturated rings. The molecule has 2 amide bonds. The summed E-state index contributed by atoms with van der Waals surface area (Å²) in [7, 11) is 0. The van der Waals surface area contributed by atoms with Crippen molar-refractivity contribution in [2.24, 2.45) is 0 Å². The average Bonchev–Trinajstić information content (AvgIpc) is 3.50. The molecule has 8 heteroatoms. The molecule has 1 unspecified atom stereocenters. The number of likely N-dealkylation sites (N-methyl/N-ethyl adjacent to an activating group) is 1. The fourth-order valence-electron chi connectivity index (χ4n) is 4.80. The number of nitrogens with one attached hydrogen (secondary N) is 3. The molecule has 4 aromatic rings. The van der Waals surface area contributed by atoms with Crippen molar-refractivity contribution < 1.29 is 9.59 Å². The van der Waals surface area contributed by atoms with Gasteiger partial charge in [-0.3, -0.25) is 14.7 Å². The monoisotopic (exact) mass is 456 g/mol. The third kappa shape index (κ3) is 3.37. The number of benzene rings is 2. The molecule has 3 heterocycles. The summed E-state index contributed by atoms with van der Waals surface area (Å²) in [6.45, 7) is 8.48. The van der Waals surface area contributed by atoms with E-state index in [1.54, 1.807) is 11.1 Å². The van der Waals surface area contributed by atoms with E-state index in [2.05, 4.69) is 20.5 Å². The van der Waals surface area contributed by atoms with Crippen LogP contribution < -0.4 is 10.2 Å². The van der Waals surface area contributed by atoms with Crippen LogP contribution in [-0.2, 0) is 15.0 Å². The second-order valence-corrected chi connectivity index (χ2v) is 9.17. The van der Waals surface area contributed by atoms with Crippen LogP contribution in [0.25, 0.3) is 22.6 Å². The number of carbonyl (C=O) groups excluding carboxylic acids is 2. The Kier molecular flexibility index (Phi) is 5.23. The maximum absolute atomic E-state index is 13.1. The number of aromatic nitrogens is 4. The average molecular weight is 457 g/mol. The van der Waals surface area contributed by atoms with Crippen LogP contribution in [0.1, 0.15) is 51.2 Å². The van der Waals surface area contributed by atoms with E-state index in [1.807, 2.05) is 70.2 Å². The lowest BCUT2D eigenvalue weighted by Gasteiger charge is -2.18. The summed E-state index contributed by atoms with van der Waals surface area (Å²) in [6, 6.07) is 13.7. The number of hydrogen-bond acceptors (Lipinski definition) is 4. The highest BCUT2D eigenvalue weighted by Gasteiger charge is 2.43. The van der Waals surface area contributed by atoms with Gasteiger partial charge in [-0.25, -0.2) is 4.98 Å². The van der Waals surface area contributed by atoms with E-state index >= 15 is 0 Å². The number of nitrogens with zero attached hydrogens (tertiary/aromatic N) is 3. The van der Waals surface area contributed by atoms with E-state index in [1.165, 1.54) is 0 Å². The van der Waals surface area contributed by atoms with E-state index < -0.39 is 5.41 Å². The largest absolute Gasteiger partial charge is 0.337 e. The highest BCUT2D eigenvalue weighted by atomic mass is 16.2. The Morgan fingerprint density at radius 2 is 1.94 bits per heavy atom. The first-order valence-corrected chi connectivity index (χ1v) is 11.6. The fourth-order valence-corrected chi connectivity index (χ4v) is 4.80. The van der Waals surface area contributed by atoms with Gasteiger partial charge in [-0.15, -0.1) is 0 Å². The number of fused-ring (bicyclic) bond motifs is 2. The van der Waals surface area contributed by atoms with Crippen molar-refractivity contribution >= 4 is 34.2 Å². The van der Waals surface area contributed by atoms with Crippen LogP contribution in [0.3, 0.4) is 0 Å². The molecule has 0 spiro atoms. The van der Waals surface area contributed by atoms with Crippen LogP contribution in [0.15, 0.2) is 48.7 Å². The van der Waals surface area contributed by atoms with Gasteiger partial charge in [0.15, 0.2) is 5.82 Å². The first-order chi connectivity index (χ1) is 16.3. The van der Waals surface area contributed by atoms with E-state index in [9.17, 15) is 9.59 Å². The standard InChI is InChI=1S/C26H28N6O2/c1-5-16(15-10-8-7-9-11-15)24(33)30-20-14-27-31-22(20)23-28-18-12-17-21(13-19(18)29-23)32(6-2)25(34)26(17,3)4/h7-14,16H,5-6H2,1-4H3,(H,27,31)(H,28,29)(H,30,33). The zero-order chi connectivity index (χ0) is 24.0. The Labute approximate surface area is 197 Å². The predicted molar refractivity (Wildman–Crippen MR) is 133 cm³/mol. The van der Waals surface area contributed by atoms with E-state index in [-0.39, 0.29) is 17.7 Å². The Balaban J connectivity index is 1.48. The van der Waals surface area contributed by atoms with Crippen LogP contribution in [0, 0.1) is 0 Å². The van der Waals surface area contributed by atoms with E-state index in [4.69, 9.17) is 4.98 Å². The zero-order valence-corrected chi connectivity index (χ0v) is 19.8.